The van der Waals surface area contributed by atoms with E-state index in [1.54, 1.807) is 12.1 Å². The molecular weight excluding hydrogens is 280 g/mol. The third-order valence-corrected chi connectivity index (χ3v) is 3.79. The average molecular weight is 301 g/mol. The lowest BCUT2D eigenvalue weighted by Gasteiger charge is -2.19. The minimum absolute atomic E-state index is 0.194. The smallest absolute Gasteiger partial charge is 0.262 e. The minimum Gasteiger partial charge on any atom is -0.299 e. The van der Waals surface area contributed by atoms with Gasteiger partial charge in [-0.1, -0.05) is 11.6 Å². The molecule has 0 saturated heterocycles. The van der Waals surface area contributed by atoms with Crippen LogP contribution in [0.2, 0.25) is 0 Å². The van der Waals surface area contributed by atoms with E-state index in [9.17, 15) is 14.4 Å². The van der Waals surface area contributed by atoms with Crippen molar-refractivity contribution in [3.8, 4) is 0 Å². The number of ketones is 2. The summed E-state index contributed by atoms with van der Waals surface area (Å²) in [5, 5.41) is 0.295. The average Bonchev–Trinajstić information content (AvgIpc) is 2.60. The number of hydrogen-bond acceptors (Lipinski definition) is 4. The summed E-state index contributed by atoms with van der Waals surface area (Å²) in [5.41, 5.74) is 0.796. The first-order chi connectivity index (χ1) is 11.6. The molecule has 0 aliphatic heterocycles. The van der Waals surface area contributed by atoms with Gasteiger partial charge in [0.2, 0.25) is 0 Å². The first-order valence-corrected chi connectivity index (χ1v) is 7.13. The molecule has 2 aromatic rings. The van der Waals surface area contributed by atoms with E-state index in [4.69, 9.17) is 4.11 Å². The highest BCUT2D eigenvalue weighted by Gasteiger charge is 2.28. The van der Waals surface area contributed by atoms with E-state index in [2.05, 4.69) is 4.98 Å². The second kappa shape index (κ2) is 5.48. The third kappa shape index (κ3) is 2.47. The lowest BCUT2D eigenvalue weighted by molar-refractivity contribution is -0.127. The Morgan fingerprint density at radius 1 is 1.32 bits per heavy atom. The molecular formula is C17H18N2O3. The summed E-state index contributed by atoms with van der Waals surface area (Å²) in [4.78, 5) is 41.8. The number of carbonyl (C=O) groups is 2. The molecule has 5 nitrogen and oxygen atoms in total. The largest absolute Gasteiger partial charge is 0.299 e. The maximum atomic E-state index is 13.0. The summed E-state index contributed by atoms with van der Waals surface area (Å²) < 4.78 is 25.1. The SMILES string of the molecule is [2H]C1([2H])CCC([2H])(n2c(C)nc3ccc(C)cc3c2=O)C(=O)CC1=O. The normalized spacial score (nSPS) is 27.1. The zero-order valence-corrected chi connectivity index (χ0v) is 12.5. The zero-order valence-electron chi connectivity index (χ0n) is 15.5. The first-order valence-electron chi connectivity index (χ1n) is 8.63. The van der Waals surface area contributed by atoms with E-state index in [0.29, 0.717) is 10.9 Å². The second-order valence-corrected chi connectivity index (χ2v) is 5.47. The Morgan fingerprint density at radius 3 is 2.86 bits per heavy atom. The molecule has 1 saturated carbocycles. The van der Waals surface area contributed by atoms with Crippen molar-refractivity contribution in [3.05, 3.63) is 39.9 Å². The number of aromatic nitrogens is 2. The highest BCUT2D eigenvalue weighted by molar-refractivity contribution is 6.01. The molecule has 1 aliphatic carbocycles. The molecule has 3 rings (SSSR count). The summed E-state index contributed by atoms with van der Waals surface area (Å²) in [6.45, 7) is 3.36. The van der Waals surface area contributed by atoms with Gasteiger partial charge in [0, 0.05) is 9.11 Å². The van der Waals surface area contributed by atoms with Crippen molar-refractivity contribution >= 4 is 22.5 Å². The first kappa shape index (κ1) is 11.3. The molecule has 1 atom stereocenters. The molecule has 0 amide bonds. The van der Waals surface area contributed by atoms with Crippen LogP contribution in [-0.2, 0) is 9.59 Å². The summed E-state index contributed by atoms with van der Waals surface area (Å²) in [5.74, 6) is -1.43. The molecule has 1 fully saturated rings. The second-order valence-electron chi connectivity index (χ2n) is 5.47. The van der Waals surface area contributed by atoms with Gasteiger partial charge < -0.3 is 0 Å². The van der Waals surface area contributed by atoms with Crippen LogP contribution in [0.4, 0.5) is 0 Å². The molecule has 1 unspecified atom stereocenters. The molecule has 1 aromatic carbocycles. The molecule has 0 bridgehead atoms. The molecule has 22 heavy (non-hydrogen) atoms. The monoisotopic (exact) mass is 301 g/mol. The van der Waals surface area contributed by atoms with Crippen LogP contribution in [0.25, 0.3) is 10.9 Å². The Hall–Kier alpha value is -2.30. The molecule has 1 aromatic heterocycles. The van der Waals surface area contributed by atoms with Crippen molar-refractivity contribution < 1.29 is 13.7 Å². The van der Waals surface area contributed by atoms with Gasteiger partial charge in [0.15, 0.2) is 5.78 Å². The van der Waals surface area contributed by atoms with Gasteiger partial charge in [0.05, 0.1) is 24.7 Å². The van der Waals surface area contributed by atoms with Gasteiger partial charge in [-0.15, -0.1) is 0 Å². The van der Waals surface area contributed by atoms with E-state index in [-0.39, 0.29) is 18.7 Å². The van der Waals surface area contributed by atoms with Crippen LogP contribution in [0.1, 0.15) is 47.2 Å². The maximum absolute atomic E-state index is 13.0. The van der Waals surface area contributed by atoms with Crippen LogP contribution in [0.15, 0.2) is 23.0 Å². The highest BCUT2D eigenvalue weighted by atomic mass is 16.2. The van der Waals surface area contributed by atoms with Gasteiger partial charge in [0.1, 0.15) is 11.6 Å². The van der Waals surface area contributed by atoms with Gasteiger partial charge >= 0.3 is 0 Å². The van der Waals surface area contributed by atoms with Crippen LogP contribution < -0.4 is 5.56 Å². The summed E-state index contributed by atoms with van der Waals surface area (Å²) >= 11 is 0. The number of Topliss-reactive ketones (excluding diaryl/α,β-unsaturated/α-hetero) is 2. The van der Waals surface area contributed by atoms with Gasteiger partial charge in [-0.3, -0.25) is 19.0 Å². The molecule has 0 radical (unpaired) electrons. The Bertz CT molecular complexity index is 967. The Balaban J connectivity index is 2.25. The van der Waals surface area contributed by atoms with E-state index >= 15 is 0 Å². The maximum Gasteiger partial charge on any atom is 0.262 e. The van der Waals surface area contributed by atoms with Crippen molar-refractivity contribution in [1.82, 2.24) is 9.55 Å². The lowest BCUT2D eigenvalue weighted by atomic mass is 10.1. The number of fused-ring (bicyclic) bond motifs is 1. The van der Waals surface area contributed by atoms with Crippen molar-refractivity contribution in [3.63, 3.8) is 0 Å². The van der Waals surface area contributed by atoms with Crippen LogP contribution >= 0.6 is 0 Å². The predicted molar refractivity (Wildman–Crippen MR) is 83.0 cm³/mol. The third-order valence-electron chi connectivity index (χ3n) is 3.79. The number of hydrogen-bond donors (Lipinski definition) is 0. The van der Waals surface area contributed by atoms with Crippen LogP contribution in [0.3, 0.4) is 0 Å². The molecule has 5 heteroatoms. The van der Waals surface area contributed by atoms with E-state index < -0.39 is 35.9 Å². The fourth-order valence-electron chi connectivity index (χ4n) is 2.73. The van der Waals surface area contributed by atoms with Crippen molar-refractivity contribution in [1.29, 1.82) is 0 Å². The molecule has 1 heterocycles. The van der Waals surface area contributed by atoms with Crippen molar-refractivity contribution in [2.24, 2.45) is 0 Å². The fraction of sp³-hybridized carbons (Fsp3) is 0.412. The number of rotatable bonds is 1. The standard InChI is InChI=1S/C17H18N2O3/c1-10-6-7-14-13(8-10)17(22)19(11(2)18-14)15-5-3-4-12(20)9-16(15)21/h6-8,15H,3-5,9H2,1-2H3/i4D2,15D. The number of carbonyl (C=O) groups excluding carboxylic acids is 2. The van der Waals surface area contributed by atoms with Crippen LogP contribution in [-0.4, -0.2) is 21.1 Å². The van der Waals surface area contributed by atoms with Crippen LogP contribution in [0.5, 0.6) is 0 Å². The topological polar surface area (TPSA) is 69.0 Å². The van der Waals surface area contributed by atoms with Gasteiger partial charge in [-0.2, -0.15) is 0 Å². The number of benzene rings is 1. The quantitative estimate of drug-likeness (QED) is 0.598. The van der Waals surface area contributed by atoms with Gasteiger partial charge in [-0.05, 0) is 38.8 Å². The summed E-state index contributed by atoms with van der Waals surface area (Å²) in [6, 6.07) is 3.14. The van der Waals surface area contributed by atoms with Crippen LogP contribution in [0, 0.1) is 13.8 Å². The Kier molecular flexibility index (Phi) is 2.81. The lowest BCUT2D eigenvalue weighted by Crippen LogP contribution is -2.32. The molecule has 0 N–H and O–H groups in total. The number of aryl methyl sites for hydroxylation is 2. The highest BCUT2D eigenvalue weighted by Crippen LogP contribution is 2.23. The number of nitrogens with zero attached hydrogens (tertiary/aromatic N) is 2. The van der Waals surface area contributed by atoms with Crippen molar-refractivity contribution in [2.45, 2.75) is 45.5 Å². The van der Waals surface area contributed by atoms with Gasteiger partial charge in [0.25, 0.3) is 5.56 Å². The van der Waals surface area contributed by atoms with Crippen molar-refractivity contribution in [2.75, 3.05) is 0 Å². The zero-order chi connectivity index (χ0) is 18.6. The summed E-state index contributed by atoms with van der Waals surface area (Å²) in [6.07, 6.45) is -3.42. The summed E-state index contributed by atoms with van der Waals surface area (Å²) in [7, 11) is 0. The predicted octanol–water partition coefficient (Wildman–Crippen LogP) is 2.27. The molecule has 114 valence electrons. The molecule has 1 aliphatic rings. The molecule has 0 spiro atoms. The van der Waals surface area contributed by atoms with E-state index in [1.807, 2.05) is 13.0 Å². The van der Waals surface area contributed by atoms with E-state index in [1.165, 1.54) is 6.92 Å². The van der Waals surface area contributed by atoms with Gasteiger partial charge in [-0.25, -0.2) is 4.98 Å². The van der Waals surface area contributed by atoms with E-state index in [0.717, 1.165) is 10.1 Å². The Morgan fingerprint density at radius 2 is 2.09 bits per heavy atom. The fourth-order valence-corrected chi connectivity index (χ4v) is 2.73. The minimum atomic E-state index is -2.17. The Labute approximate surface area is 132 Å².